The van der Waals surface area contributed by atoms with Gasteiger partial charge in [0, 0.05) is 7.11 Å². The van der Waals surface area contributed by atoms with E-state index in [1.54, 1.807) is 25.0 Å². The molecule has 0 aliphatic carbocycles. The van der Waals surface area contributed by atoms with Crippen molar-refractivity contribution in [2.45, 2.75) is 25.5 Å². The molecule has 1 unspecified atom stereocenters. The van der Waals surface area contributed by atoms with Gasteiger partial charge in [-0.1, -0.05) is 0 Å². The summed E-state index contributed by atoms with van der Waals surface area (Å²) in [7, 11) is 1.63. The highest BCUT2D eigenvalue weighted by atomic mass is 16.5. The Labute approximate surface area is 111 Å². The quantitative estimate of drug-likeness (QED) is 0.868. The summed E-state index contributed by atoms with van der Waals surface area (Å²) in [4.78, 5) is 25.5. The summed E-state index contributed by atoms with van der Waals surface area (Å²) in [5.41, 5.74) is 0.147. The fraction of sp³-hybridized carbons (Fsp3) is 0.538. The van der Waals surface area contributed by atoms with Crippen LogP contribution in [0.1, 0.15) is 24.2 Å². The Morgan fingerprint density at radius 1 is 1.53 bits per heavy atom. The third kappa shape index (κ3) is 2.78. The molecule has 1 fully saturated rings. The topological polar surface area (TPSA) is 71.8 Å². The number of carbonyl (C=O) groups excluding carboxylic acids is 2. The smallest absolute Gasteiger partial charge is 0.255 e. The van der Waals surface area contributed by atoms with Crippen LogP contribution >= 0.6 is 0 Å². The molecule has 0 aromatic carbocycles. The van der Waals surface area contributed by atoms with Gasteiger partial charge in [-0.3, -0.25) is 9.59 Å². The lowest BCUT2D eigenvalue weighted by atomic mass is 9.95. The molecule has 6 heteroatoms. The number of nitrogens with one attached hydrogen (secondary N) is 1. The summed E-state index contributed by atoms with van der Waals surface area (Å²) in [6.07, 6.45) is 2.76. The van der Waals surface area contributed by atoms with Gasteiger partial charge in [0.15, 0.2) is 0 Å². The van der Waals surface area contributed by atoms with Gasteiger partial charge in [0.25, 0.3) is 5.91 Å². The minimum atomic E-state index is -0.566. The maximum atomic E-state index is 12.1. The molecule has 104 valence electrons. The Balaban J connectivity index is 1.86. The van der Waals surface area contributed by atoms with Crippen molar-refractivity contribution < 1.29 is 18.7 Å². The van der Waals surface area contributed by atoms with E-state index in [-0.39, 0.29) is 17.4 Å². The summed E-state index contributed by atoms with van der Waals surface area (Å²) in [5.74, 6) is -0.420. The van der Waals surface area contributed by atoms with E-state index in [0.29, 0.717) is 18.7 Å². The summed E-state index contributed by atoms with van der Waals surface area (Å²) in [6, 6.07) is 0.988. The molecule has 0 saturated carbocycles. The average Bonchev–Trinajstić information content (AvgIpc) is 2.87. The second-order valence-electron chi connectivity index (χ2n) is 5.06. The van der Waals surface area contributed by atoms with E-state index in [0.717, 1.165) is 0 Å². The van der Waals surface area contributed by atoms with Crippen LogP contribution in [-0.2, 0) is 9.53 Å². The predicted octanol–water partition coefficient (Wildman–Crippen LogP) is 0.645. The van der Waals surface area contributed by atoms with Gasteiger partial charge in [-0.05, 0) is 19.9 Å². The molecule has 1 aromatic heterocycles. The van der Waals surface area contributed by atoms with Gasteiger partial charge in [0.2, 0.25) is 5.91 Å². The minimum absolute atomic E-state index is 0.105. The second kappa shape index (κ2) is 5.05. The van der Waals surface area contributed by atoms with Crippen molar-refractivity contribution in [2.75, 3.05) is 20.2 Å². The van der Waals surface area contributed by atoms with E-state index in [4.69, 9.17) is 9.15 Å². The van der Waals surface area contributed by atoms with Crippen LogP contribution in [0.2, 0.25) is 0 Å². The highest BCUT2D eigenvalue weighted by molar-refractivity contribution is 5.97. The number of likely N-dealkylation sites (tertiary alicyclic amines) is 1. The zero-order valence-electron chi connectivity index (χ0n) is 11.3. The first-order chi connectivity index (χ1) is 8.95. The maximum absolute atomic E-state index is 12.1. The molecule has 1 atom stereocenters. The van der Waals surface area contributed by atoms with Gasteiger partial charge in [-0.2, -0.15) is 0 Å². The maximum Gasteiger partial charge on any atom is 0.255 e. The number of rotatable bonds is 4. The molecule has 0 radical (unpaired) electrons. The van der Waals surface area contributed by atoms with Gasteiger partial charge < -0.3 is 19.4 Å². The Bertz CT molecular complexity index is 463. The number of ether oxygens (including phenoxy) is 1. The fourth-order valence-electron chi connectivity index (χ4n) is 2.06. The number of nitrogens with zero attached hydrogens (tertiary/aromatic N) is 1. The second-order valence-corrected chi connectivity index (χ2v) is 5.06. The lowest BCUT2D eigenvalue weighted by Gasteiger charge is -2.47. The Morgan fingerprint density at radius 3 is 2.74 bits per heavy atom. The summed E-state index contributed by atoms with van der Waals surface area (Å²) < 4.78 is 10.1. The lowest BCUT2D eigenvalue weighted by molar-refractivity contribution is -0.159. The van der Waals surface area contributed by atoms with Crippen LogP contribution in [0, 0.1) is 0 Å². The van der Waals surface area contributed by atoms with Gasteiger partial charge in [0.05, 0.1) is 30.5 Å². The predicted molar refractivity (Wildman–Crippen MR) is 67.6 cm³/mol. The fourth-order valence-corrected chi connectivity index (χ4v) is 2.06. The number of hydrogen-bond donors (Lipinski definition) is 1. The molecule has 1 aromatic rings. The van der Waals surface area contributed by atoms with E-state index in [9.17, 15) is 9.59 Å². The van der Waals surface area contributed by atoms with Crippen molar-refractivity contribution in [3.05, 3.63) is 24.2 Å². The van der Waals surface area contributed by atoms with Gasteiger partial charge in [-0.15, -0.1) is 0 Å². The molecule has 1 saturated heterocycles. The summed E-state index contributed by atoms with van der Waals surface area (Å²) >= 11 is 0. The zero-order chi connectivity index (χ0) is 14.0. The molecular formula is C13H18N2O4. The molecule has 1 aliphatic rings. The van der Waals surface area contributed by atoms with Crippen LogP contribution in [0.3, 0.4) is 0 Å². The number of methoxy groups -OCH3 is 1. The minimum Gasteiger partial charge on any atom is -0.472 e. The summed E-state index contributed by atoms with van der Waals surface area (Å²) in [5, 5.41) is 2.65. The van der Waals surface area contributed by atoms with Crippen molar-refractivity contribution >= 4 is 11.8 Å². The molecule has 0 spiro atoms. The number of amides is 2. The van der Waals surface area contributed by atoms with Crippen LogP contribution in [-0.4, -0.2) is 48.6 Å². The molecular weight excluding hydrogens is 248 g/mol. The average molecular weight is 266 g/mol. The van der Waals surface area contributed by atoms with E-state index < -0.39 is 6.04 Å². The lowest BCUT2D eigenvalue weighted by Crippen LogP contribution is -2.65. The van der Waals surface area contributed by atoms with Crippen LogP contribution in [0.5, 0.6) is 0 Å². The molecule has 2 heterocycles. The first-order valence-corrected chi connectivity index (χ1v) is 6.12. The number of carbonyl (C=O) groups is 2. The third-order valence-electron chi connectivity index (χ3n) is 3.36. The molecule has 2 rings (SSSR count). The SMILES string of the molecule is COC1(C)CN(C(=O)C(C)NC(=O)c2ccoc2)C1. The van der Waals surface area contributed by atoms with Crippen LogP contribution in [0.15, 0.2) is 23.0 Å². The Morgan fingerprint density at radius 2 is 2.21 bits per heavy atom. The molecule has 0 bridgehead atoms. The summed E-state index contributed by atoms with van der Waals surface area (Å²) in [6.45, 7) is 4.72. The van der Waals surface area contributed by atoms with Gasteiger partial charge in [-0.25, -0.2) is 0 Å². The van der Waals surface area contributed by atoms with Crippen molar-refractivity contribution in [1.82, 2.24) is 10.2 Å². The van der Waals surface area contributed by atoms with Crippen molar-refractivity contribution in [3.8, 4) is 0 Å². The van der Waals surface area contributed by atoms with Crippen molar-refractivity contribution in [2.24, 2.45) is 0 Å². The van der Waals surface area contributed by atoms with Gasteiger partial charge in [0.1, 0.15) is 12.3 Å². The standard InChI is InChI=1S/C13H18N2O4/c1-9(14-11(16)10-4-5-19-6-10)12(17)15-7-13(2,8-15)18-3/h4-6,9H,7-8H2,1-3H3,(H,14,16). The van der Waals surface area contributed by atoms with Crippen LogP contribution < -0.4 is 5.32 Å². The first-order valence-electron chi connectivity index (χ1n) is 6.12. The molecule has 19 heavy (non-hydrogen) atoms. The van der Waals surface area contributed by atoms with E-state index in [2.05, 4.69) is 5.32 Å². The normalized spacial score (nSPS) is 18.6. The van der Waals surface area contributed by atoms with E-state index >= 15 is 0 Å². The zero-order valence-corrected chi connectivity index (χ0v) is 11.3. The van der Waals surface area contributed by atoms with E-state index in [1.165, 1.54) is 12.5 Å². The Hall–Kier alpha value is -1.82. The van der Waals surface area contributed by atoms with Crippen LogP contribution in [0.25, 0.3) is 0 Å². The van der Waals surface area contributed by atoms with Gasteiger partial charge >= 0.3 is 0 Å². The molecule has 1 aliphatic heterocycles. The number of furan rings is 1. The van der Waals surface area contributed by atoms with Crippen molar-refractivity contribution in [3.63, 3.8) is 0 Å². The monoisotopic (exact) mass is 266 g/mol. The van der Waals surface area contributed by atoms with Crippen LogP contribution in [0.4, 0.5) is 0 Å². The number of hydrogen-bond acceptors (Lipinski definition) is 4. The highest BCUT2D eigenvalue weighted by Gasteiger charge is 2.42. The molecule has 2 amide bonds. The first kappa shape index (κ1) is 13.6. The van der Waals surface area contributed by atoms with Crippen molar-refractivity contribution in [1.29, 1.82) is 0 Å². The Kier molecular flexibility index (Phi) is 3.61. The largest absolute Gasteiger partial charge is 0.472 e. The van der Waals surface area contributed by atoms with E-state index in [1.807, 2.05) is 6.92 Å². The third-order valence-corrected chi connectivity index (χ3v) is 3.36. The molecule has 6 nitrogen and oxygen atoms in total. The molecule has 1 N–H and O–H groups in total. The highest BCUT2D eigenvalue weighted by Crippen LogP contribution is 2.24.